The number of hydrogen-bond donors (Lipinski definition) is 2. The number of anilines is 1. The number of aldehydes is 1. The van der Waals surface area contributed by atoms with Crippen LogP contribution in [0.4, 0.5) is 5.69 Å². The van der Waals surface area contributed by atoms with E-state index in [2.05, 4.69) is 29.8 Å². The summed E-state index contributed by atoms with van der Waals surface area (Å²) in [7, 11) is 0. The summed E-state index contributed by atoms with van der Waals surface area (Å²) in [4.78, 5) is 18.2. The van der Waals surface area contributed by atoms with E-state index in [1.165, 1.54) is 0 Å². The standard InChI is InChI=1S/C17H17N3OS/c1-11-19-17(18)15(10-21)20(11)14-8-7-13(9-16(14)22)12-5-3-2-4-6-12/h2-10,15,17,22H,18H2,1H3. The van der Waals surface area contributed by atoms with Crippen molar-refractivity contribution in [3.63, 3.8) is 0 Å². The zero-order valence-corrected chi connectivity index (χ0v) is 13.1. The molecule has 4 nitrogen and oxygen atoms in total. The molecule has 0 amide bonds. The summed E-state index contributed by atoms with van der Waals surface area (Å²) in [6, 6.07) is 15.6. The van der Waals surface area contributed by atoms with E-state index in [4.69, 9.17) is 5.73 Å². The van der Waals surface area contributed by atoms with Crippen LogP contribution in [0.2, 0.25) is 0 Å². The molecule has 22 heavy (non-hydrogen) atoms. The Morgan fingerprint density at radius 1 is 1.18 bits per heavy atom. The maximum atomic E-state index is 11.3. The number of amidine groups is 1. The van der Waals surface area contributed by atoms with Crippen LogP contribution in [0.25, 0.3) is 11.1 Å². The number of aliphatic imine (C=N–C) groups is 1. The van der Waals surface area contributed by atoms with Gasteiger partial charge in [-0.1, -0.05) is 36.4 Å². The molecule has 0 bridgehead atoms. The molecule has 0 aliphatic carbocycles. The van der Waals surface area contributed by atoms with Crippen LogP contribution < -0.4 is 10.6 Å². The van der Waals surface area contributed by atoms with Gasteiger partial charge in [0.2, 0.25) is 0 Å². The Morgan fingerprint density at radius 2 is 1.91 bits per heavy atom. The van der Waals surface area contributed by atoms with Crippen molar-refractivity contribution in [2.75, 3.05) is 4.90 Å². The number of nitrogens with zero attached hydrogens (tertiary/aromatic N) is 2. The van der Waals surface area contributed by atoms with E-state index < -0.39 is 12.2 Å². The van der Waals surface area contributed by atoms with E-state index in [0.717, 1.165) is 33.8 Å². The smallest absolute Gasteiger partial charge is 0.146 e. The minimum absolute atomic E-state index is 0.478. The van der Waals surface area contributed by atoms with E-state index in [-0.39, 0.29) is 0 Å². The Balaban J connectivity index is 2.00. The van der Waals surface area contributed by atoms with Gasteiger partial charge in [-0.25, -0.2) is 0 Å². The average Bonchev–Trinajstić information content (AvgIpc) is 2.81. The number of rotatable bonds is 3. The Bertz CT molecular complexity index is 730. The maximum Gasteiger partial charge on any atom is 0.146 e. The molecule has 112 valence electrons. The topological polar surface area (TPSA) is 58.7 Å². The van der Waals surface area contributed by atoms with Gasteiger partial charge in [0.15, 0.2) is 0 Å². The molecule has 1 heterocycles. The van der Waals surface area contributed by atoms with E-state index >= 15 is 0 Å². The molecule has 2 atom stereocenters. The van der Waals surface area contributed by atoms with Crippen molar-refractivity contribution in [3.05, 3.63) is 48.5 Å². The van der Waals surface area contributed by atoms with Crippen molar-refractivity contribution >= 4 is 30.4 Å². The fourth-order valence-corrected chi connectivity index (χ4v) is 3.06. The molecular formula is C17H17N3OS. The van der Waals surface area contributed by atoms with Crippen molar-refractivity contribution in [1.82, 2.24) is 0 Å². The van der Waals surface area contributed by atoms with Crippen LogP contribution in [0.3, 0.4) is 0 Å². The monoisotopic (exact) mass is 311 g/mol. The number of hydrogen-bond acceptors (Lipinski definition) is 5. The molecule has 1 aliphatic rings. The van der Waals surface area contributed by atoms with E-state index in [9.17, 15) is 4.79 Å². The average molecular weight is 311 g/mol. The van der Waals surface area contributed by atoms with Gasteiger partial charge in [0.1, 0.15) is 24.3 Å². The summed E-state index contributed by atoms with van der Waals surface area (Å²) in [5.74, 6) is 0.729. The highest BCUT2D eigenvalue weighted by Crippen LogP contribution is 2.33. The van der Waals surface area contributed by atoms with Crippen LogP contribution in [-0.2, 0) is 4.79 Å². The Hall–Kier alpha value is -2.11. The quantitative estimate of drug-likeness (QED) is 0.677. The minimum atomic E-state index is -0.529. The highest BCUT2D eigenvalue weighted by atomic mass is 32.1. The third-order valence-corrected chi connectivity index (χ3v) is 4.17. The second-order valence-corrected chi connectivity index (χ2v) is 5.71. The minimum Gasteiger partial charge on any atom is -0.315 e. The van der Waals surface area contributed by atoms with Gasteiger partial charge in [-0.05, 0) is 30.2 Å². The van der Waals surface area contributed by atoms with Gasteiger partial charge in [0, 0.05) is 4.90 Å². The molecule has 0 saturated heterocycles. The molecule has 1 aliphatic heterocycles. The van der Waals surface area contributed by atoms with Crippen LogP contribution in [0.1, 0.15) is 6.92 Å². The summed E-state index contributed by atoms with van der Waals surface area (Å²) in [5.41, 5.74) is 8.94. The fraction of sp³-hybridized carbons (Fsp3) is 0.176. The number of benzene rings is 2. The van der Waals surface area contributed by atoms with Gasteiger partial charge in [-0.15, -0.1) is 12.6 Å². The first-order valence-corrected chi connectivity index (χ1v) is 7.49. The molecule has 0 fully saturated rings. The molecule has 0 spiro atoms. The van der Waals surface area contributed by atoms with Gasteiger partial charge in [-0.2, -0.15) is 0 Å². The number of nitrogens with two attached hydrogens (primary N) is 1. The lowest BCUT2D eigenvalue weighted by Crippen LogP contribution is -2.43. The van der Waals surface area contributed by atoms with Gasteiger partial charge < -0.3 is 15.4 Å². The van der Waals surface area contributed by atoms with Gasteiger partial charge in [-0.3, -0.25) is 4.99 Å². The molecule has 2 unspecified atom stereocenters. The second kappa shape index (κ2) is 5.94. The lowest BCUT2D eigenvalue weighted by molar-refractivity contribution is -0.108. The Morgan fingerprint density at radius 3 is 2.55 bits per heavy atom. The highest BCUT2D eigenvalue weighted by Gasteiger charge is 2.33. The molecule has 2 aromatic carbocycles. The third kappa shape index (κ3) is 2.53. The third-order valence-electron chi connectivity index (χ3n) is 3.81. The van der Waals surface area contributed by atoms with Crippen molar-refractivity contribution in [2.45, 2.75) is 24.0 Å². The van der Waals surface area contributed by atoms with Crippen LogP contribution in [0.15, 0.2) is 58.4 Å². The molecule has 3 rings (SSSR count). The fourth-order valence-electron chi connectivity index (χ4n) is 2.74. The summed E-state index contributed by atoms with van der Waals surface area (Å²) >= 11 is 4.59. The van der Waals surface area contributed by atoms with Gasteiger partial charge in [0.25, 0.3) is 0 Å². The molecule has 0 aromatic heterocycles. The Kier molecular flexibility index (Phi) is 4.00. The normalized spacial score (nSPS) is 20.9. The first-order chi connectivity index (χ1) is 10.6. The molecule has 0 radical (unpaired) electrons. The predicted octanol–water partition coefficient (Wildman–Crippen LogP) is 2.73. The first kappa shape index (κ1) is 14.8. The van der Waals surface area contributed by atoms with Gasteiger partial charge >= 0.3 is 0 Å². The Labute approximate surface area is 135 Å². The van der Waals surface area contributed by atoms with Crippen molar-refractivity contribution in [1.29, 1.82) is 0 Å². The molecule has 2 aromatic rings. The van der Waals surface area contributed by atoms with E-state index in [1.54, 1.807) is 0 Å². The van der Waals surface area contributed by atoms with Crippen LogP contribution in [0.5, 0.6) is 0 Å². The van der Waals surface area contributed by atoms with E-state index in [1.807, 2.05) is 48.2 Å². The first-order valence-electron chi connectivity index (χ1n) is 7.05. The predicted molar refractivity (Wildman–Crippen MR) is 92.5 cm³/mol. The molecule has 5 heteroatoms. The summed E-state index contributed by atoms with van der Waals surface area (Å²) in [6.45, 7) is 1.85. The van der Waals surface area contributed by atoms with Crippen LogP contribution in [-0.4, -0.2) is 24.3 Å². The number of carbonyl (C=O) groups excluding carboxylic acids is 1. The van der Waals surface area contributed by atoms with Crippen LogP contribution in [0, 0.1) is 0 Å². The SMILES string of the molecule is CC1=NC(N)C(C=O)N1c1ccc(-c2ccccc2)cc1S. The largest absolute Gasteiger partial charge is 0.315 e. The molecular weight excluding hydrogens is 294 g/mol. The molecule has 2 N–H and O–H groups in total. The van der Waals surface area contributed by atoms with Gasteiger partial charge in [0.05, 0.1) is 5.69 Å². The van der Waals surface area contributed by atoms with Crippen LogP contribution >= 0.6 is 12.6 Å². The zero-order chi connectivity index (χ0) is 15.7. The van der Waals surface area contributed by atoms with Crippen molar-refractivity contribution in [3.8, 4) is 11.1 Å². The maximum absolute atomic E-state index is 11.3. The number of thiol groups is 1. The summed E-state index contributed by atoms with van der Waals surface area (Å²) < 4.78 is 0. The zero-order valence-electron chi connectivity index (χ0n) is 12.2. The highest BCUT2D eigenvalue weighted by molar-refractivity contribution is 7.80. The van der Waals surface area contributed by atoms with Crippen molar-refractivity contribution in [2.24, 2.45) is 10.7 Å². The second-order valence-electron chi connectivity index (χ2n) is 5.23. The summed E-state index contributed by atoms with van der Waals surface area (Å²) in [5, 5.41) is 0. The summed E-state index contributed by atoms with van der Waals surface area (Å²) in [6.07, 6.45) is 0.308. The van der Waals surface area contributed by atoms with E-state index in [0.29, 0.717) is 0 Å². The lowest BCUT2D eigenvalue weighted by Gasteiger charge is -2.26. The number of carbonyl (C=O) groups is 1. The molecule has 0 saturated carbocycles. The van der Waals surface area contributed by atoms with Crippen molar-refractivity contribution < 1.29 is 4.79 Å². The lowest BCUT2D eigenvalue weighted by atomic mass is 10.0.